The Kier molecular flexibility index (Phi) is 8.49. The molecular formula is C17H25FN4O6S. The van der Waals surface area contributed by atoms with Crippen LogP contribution in [0.3, 0.4) is 0 Å². The molecule has 162 valence electrons. The second-order valence-electron chi connectivity index (χ2n) is 6.54. The van der Waals surface area contributed by atoms with Gasteiger partial charge in [0.25, 0.3) is 0 Å². The summed E-state index contributed by atoms with van der Waals surface area (Å²) in [6.07, 6.45) is 0.253. The molecule has 0 atom stereocenters. The largest absolute Gasteiger partial charge is 0.490 e. The maximum Gasteiger partial charge on any atom is 0.429 e. The number of esters is 1. The molecule has 0 unspecified atom stereocenters. The van der Waals surface area contributed by atoms with Gasteiger partial charge in [0.2, 0.25) is 5.43 Å². The highest BCUT2D eigenvalue weighted by atomic mass is 32.2. The van der Waals surface area contributed by atoms with E-state index in [-0.39, 0.29) is 35.1 Å². The Labute approximate surface area is 172 Å². The molecule has 0 aliphatic carbocycles. The molecule has 1 aromatic heterocycles. The van der Waals surface area contributed by atoms with E-state index < -0.39 is 28.8 Å². The summed E-state index contributed by atoms with van der Waals surface area (Å²) in [6.45, 7) is 6.59. The highest BCUT2D eigenvalue weighted by Gasteiger charge is 2.30. The van der Waals surface area contributed by atoms with E-state index in [1.165, 1.54) is 21.2 Å². The fourth-order valence-corrected chi connectivity index (χ4v) is 2.53. The summed E-state index contributed by atoms with van der Waals surface area (Å²) in [5.41, 5.74) is 0.156. The fourth-order valence-electron chi connectivity index (χ4n) is 2.18. The topological polar surface area (TPSA) is 111 Å². The van der Waals surface area contributed by atoms with E-state index >= 15 is 0 Å². The quantitative estimate of drug-likeness (QED) is 0.315. The highest BCUT2D eigenvalue weighted by Crippen LogP contribution is 2.21. The molecule has 0 aliphatic heterocycles. The molecule has 0 aromatic carbocycles. The molecule has 1 amide bonds. The number of nitrogens with one attached hydrogen (secondary N) is 1. The molecule has 0 saturated carbocycles. The van der Waals surface area contributed by atoms with Gasteiger partial charge in [-0.05, 0) is 27.7 Å². The Balaban J connectivity index is 3.81. The van der Waals surface area contributed by atoms with Crippen LogP contribution in [0.25, 0.3) is 0 Å². The summed E-state index contributed by atoms with van der Waals surface area (Å²) in [5.74, 6) is -1.35. The number of methoxy groups -OCH3 is 1. The van der Waals surface area contributed by atoms with Crippen molar-refractivity contribution in [2.75, 3.05) is 32.8 Å². The van der Waals surface area contributed by atoms with Crippen LogP contribution in [0.1, 0.15) is 43.7 Å². The first-order valence-corrected chi connectivity index (χ1v) is 9.25. The summed E-state index contributed by atoms with van der Waals surface area (Å²) in [5, 5.41) is 4.31. The molecule has 0 fully saturated rings. The molecule has 0 saturated heterocycles. The van der Waals surface area contributed by atoms with Crippen molar-refractivity contribution >= 4 is 29.3 Å². The zero-order chi connectivity index (χ0) is 22.4. The molecule has 0 bridgehead atoms. The van der Waals surface area contributed by atoms with Crippen LogP contribution in [0.4, 0.5) is 8.68 Å². The minimum Gasteiger partial charge on any atom is -0.490 e. The average Bonchev–Trinajstić information content (AvgIpc) is 2.64. The third kappa shape index (κ3) is 5.86. The van der Waals surface area contributed by atoms with E-state index in [0.717, 1.165) is 15.9 Å². The number of aromatic nitrogens is 1. The van der Waals surface area contributed by atoms with E-state index in [4.69, 9.17) is 14.2 Å². The molecule has 0 radical (unpaired) electrons. The smallest absolute Gasteiger partial charge is 0.429 e. The normalized spacial score (nSPS) is 11.7. The summed E-state index contributed by atoms with van der Waals surface area (Å²) >= 11 is -0.288. The lowest BCUT2D eigenvalue weighted by molar-refractivity contribution is 0.0493. The number of halogens is 1. The molecule has 0 spiro atoms. The number of nitrogens with zero attached hydrogens (tertiary/aromatic N) is 3. The molecule has 12 heteroatoms. The van der Waals surface area contributed by atoms with Gasteiger partial charge in [-0.3, -0.25) is 4.79 Å². The van der Waals surface area contributed by atoms with Crippen LogP contribution >= 0.6 is 12.1 Å². The Morgan fingerprint density at radius 3 is 2.45 bits per heavy atom. The molecule has 29 heavy (non-hydrogen) atoms. The number of hydrazone groups is 1. The van der Waals surface area contributed by atoms with E-state index in [9.17, 15) is 18.3 Å². The highest BCUT2D eigenvalue weighted by molar-refractivity contribution is 8.10. The first-order valence-electron chi connectivity index (χ1n) is 8.53. The van der Waals surface area contributed by atoms with Crippen LogP contribution in [-0.2, 0) is 9.47 Å². The van der Waals surface area contributed by atoms with Gasteiger partial charge in [0.1, 0.15) is 17.7 Å². The van der Waals surface area contributed by atoms with Crippen LogP contribution < -0.4 is 20.6 Å². The van der Waals surface area contributed by atoms with E-state index in [1.54, 1.807) is 27.7 Å². The Morgan fingerprint density at radius 2 is 2.00 bits per heavy atom. The van der Waals surface area contributed by atoms with Crippen LogP contribution in [0.5, 0.6) is 5.75 Å². The van der Waals surface area contributed by atoms with Gasteiger partial charge in [0, 0.05) is 20.3 Å². The second kappa shape index (κ2) is 10.1. The van der Waals surface area contributed by atoms with Crippen LogP contribution in [0.15, 0.2) is 16.1 Å². The molecule has 10 nitrogen and oxygen atoms in total. The Bertz CT molecular complexity index is 850. The molecule has 1 N–H and O–H groups in total. The molecule has 1 aromatic rings. The van der Waals surface area contributed by atoms with Gasteiger partial charge >= 0.3 is 12.1 Å². The molecule has 0 aliphatic rings. The zero-order valence-corrected chi connectivity index (χ0v) is 18.2. The number of hydrogen-bond donors (Lipinski definition) is 1. The third-order valence-corrected chi connectivity index (χ3v) is 3.77. The number of hydrogen-bond acceptors (Lipinski definition) is 9. The number of carbonyl (C=O) groups excluding carboxylic acids is 2. The predicted octanol–water partition coefficient (Wildman–Crippen LogP) is 2.04. The molecular weight excluding hydrogens is 407 g/mol. The van der Waals surface area contributed by atoms with Crippen LogP contribution in [-0.4, -0.2) is 55.2 Å². The second-order valence-corrected chi connectivity index (χ2v) is 7.08. The number of ether oxygens (including phenoxy) is 3. The lowest BCUT2D eigenvalue weighted by Gasteiger charge is -2.28. The first-order chi connectivity index (χ1) is 13.5. The monoisotopic (exact) mass is 432 g/mol. The van der Waals surface area contributed by atoms with Crippen molar-refractivity contribution in [3.8, 4) is 5.75 Å². The van der Waals surface area contributed by atoms with Crippen molar-refractivity contribution in [3.05, 3.63) is 27.7 Å². The van der Waals surface area contributed by atoms with Crippen molar-refractivity contribution in [2.45, 2.75) is 33.3 Å². The summed E-state index contributed by atoms with van der Waals surface area (Å²) in [7, 11) is 3.90. The standard InChI is InChI=1S/C17H25FN4O6S/c1-8-27-15(24)11-13(26-7)12(23)10(14(29-18)20-19-5)9-22(11)21(6)16(25)28-17(2,3)4/h9,19H,8H2,1-7H3/b20-14+. The van der Waals surface area contributed by atoms with Gasteiger partial charge in [0.15, 0.2) is 16.5 Å². The van der Waals surface area contributed by atoms with Gasteiger partial charge in [0.05, 0.1) is 19.3 Å². The van der Waals surface area contributed by atoms with Crippen LogP contribution in [0, 0.1) is 0 Å². The van der Waals surface area contributed by atoms with Crippen molar-refractivity contribution in [1.29, 1.82) is 0 Å². The lowest BCUT2D eigenvalue weighted by atomic mass is 10.2. The number of amides is 1. The zero-order valence-electron chi connectivity index (χ0n) is 17.4. The summed E-state index contributed by atoms with van der Waals surface area (Å²) in [6, 6.07) is 0. The Hall–Kier alpha value is -2.76. The predicted molar refractivity (Wildman–Crippen MR) is 108 cm³/mol. The van der Waals surface area contributed by atoms with E-state index in [2.05, 4.69) is 10.5 Å². The van der Waals surface area contributed by atoms with Gasteiger partial charge in [-0.15, -0.1) is 0 Å². The Morgan fingerprint density at radius 1 is 1.38 bits per heavy atom. The summed E-state index contributed by atoms with van der Waals surface area (Å²) < 4.78 is 29.8. The maximum atomic E-state index is 13.4. The SMILES string of the molecule is CCOC(=O)c1c(OC)c(=O)c(/C(=N\NC)SF)cn1N(C)C(=O)OC(C)(C)C. The maximum absolute atomic E-state index is 13.4. The summed E-state index contributed by atoms with van der Waals surface area (Å²) in [4.78, 5) is 37.9. The number of carbonyl (C=O) groups is 2. The fraction of sp³-hybridized carbons (Fsp3) is 0.529. The van der Waals surface area contributed by atoms with Gasteiger partial charge in [-0.2, -0.15) is 8.99 Å². The van der Waals surface area contributed by atoms with Crippen molar-refractivity contribution in [1.82, 2.24) is 10.1 Å². The van der Waals surface area contributed by atoms with E-state index in [0.29, 0.717) is 0 Å². The average molecular weight is 432 g/mol. The van der Waals surface area contributed by atoms with Gasteiger partial charge in [-0.1, -0.05) is 0 Å². The van der Waals surface area contributed by atoms with Gasteiger partial charge < -0.3 is 19.6 Å². The lowest BCUT2D eigenvalue weighted by Crippen LogP contribution is -2.44. The minimum absolute atomic E-state index is 0.0148. The van der Waals surface area contributed by atoms with Crippen molar-refractivity contribution in [3.63, 3.8) is 0 Å². The van der Waals surface area contributed by atoms with Crippen molar-refractivity contribution < 1.29 is 27.7 Å². The first kappa shape index (κ1) is 24.3. The molecule has 1 heterocycles. The van der Waals surface area contributed by atoms with Gasteiger partial charge in [-0.25, -0.2) is 19.3 Å². The number of pyridine rings is 1. The van der Waals surface area contributed by atoms with Crippen molar-refractivity contribution in [2.24, 2.45) is 5.10 Å². The minimum atomic E-state index is -0.914. The van der Waals surface area contributed by atoms with Crippen LogP contribution in [0.2, 0.25) is 0 Å². The molecule has 1 rings (SSSR count). The number of rotatable bonds is 6. The third-order valence-electron chi connectivity index (χ3n) is 3.32. The van der Waals surface area contributed by atoms with E-state index in [1.807, 2.05) is 0 Å².